The van der Waals surface area contributed by atoms with E-state index in [1.807, 2.05) is 72.8 Å². The lowest BCUT2D eigenvalue weighted by Gasteiger charge is -2.11. The van der Waals surface area contributed by atoms with E-state index in [0.717, 1.165) is 99.5 Å². The fourth-order valence-corrected chi connectivity index (χ4v) is 10.2. The number of para-hydroxylation sites is 3. The molecule has 69 heavy (non-hydrogen) atoms. The highest BCUT2D eigenvalue weighted by atomic mass is 16.3. The van der Waals surface area contributed by atoms with Gasteiger partial charge in [0.2, 0.25) is 0 Å². The lowest BCUT2D eigenvalue weighted by atomic mass is 9.93. The maximum atomic E-state index is 6.99. The molecule has 0 saturated carbocycles. The van der Waals surface area contributed by atoms with Crippen LogP contribution in [0.15, 0.2) is 239 Å². The Morgan fingerprint density at radius 2 is 0.855 bits per heavy atom. The van der Waals surface area contributed by atoms with Crippen molar-refractivity contribution in [2.45, 2.75) is 0 Å². The van der Waals surface area contributed by atoms with Crippen LogP contribution in [0.2, 0.25) is 0 Å². The largest absolute Gasteiger partial charge is 0.455 e. The number of furan rings is 2. The predicted molar refractivity (Wildman–Crippen MR) is 281 cm³/mol. The van der Waals surface area contributed by atoms with Gasteiger partial charge in [0.15, 0.2) is 17.5 Å². The second kappa shape index (κ2) is 15.6. The van der Waals surface area contributed by atoms with Crippen molar-refractivity contribution < 1.29 is 8.83 Å². The van der Waals surface area contributed by atoms with Crippen LogP contribution in [0.4, 0.5) is 0 Å². The van der Waals surface area contributed by atoms with Gasteiger partial charge in [-0.15, -0.1) is 0 Å². The number of rotatable bonds is 7. The van der Waals surface area contributed by atoms with Crippen molar-refractivity contribution in [3.8, 4) is 73.2 Å². The molecule has 14 aromatic rings. The van der Waals surface area contributed by atoms with E-state index in [0.29, 0.717) is 17.5 Å². The quantitative estimate of drug-likeness (QED) is 0.159. The molecule has 322 valence electrons. The number of hydrogen-bond acceptors (Lipinski definition) is 5. The molecular weight excluding hydrogens is 845 g/mol. The summed E-state index contributed by atoms with van der Waals surface area (Å²) in [5.74, 6) is 1.85. The number of benzene rings is 10. The summed E-state index contributed by atoms with van der Waals surface area (Å²) < 4.78 is 16.2. The molecule has 0 radical (unpaired) electrons. The molecule has 0 spiro atoms. The smallest absolute Gasteiger partial charge is 0.164 e. The first-order valence-corrected chi connectivity index (χ1v) is 23.2. The molecule has 10 aromatic carbocycles. The molecule has 0 unspecified atom stereocenters. The third-order valence-corrected chi connectivity index (χ3v) is 13.5. The Morgan fingerprint density at radius 1 is 0.290 bits per heavy atom. The molecule has 4 aromatic heterocycles. The van der Waals surface area contributed by atoms with Crippen molar-refractivity contribution in [1.82, 2.24) is 19.5 Å². The highest BCUT2D eigenvalue weighted by Crippen LogP contribution is 2.46. The van der Waals surface area contributed by atoms with Gasteiger partial charge in [0.05, 0.1) is 11.0 Å². The van der Waals surface area contributed by atoms with E-state index in [1.54, 1.807) is 0 Å². The van der Waals surface area contributed by atoms with Crippen molar-refractivity contribution in [2.75, 3.05) is 0 Å². The minimum Gasteiger partial charge on any atom is -0.455 e. The minimum atomic E-state index is 0.601. The van der Waals surface area contributed by atoms with E-state index in [4.69, 9.17) is 23.8 Å². The third-order valence-electron chi connectivity index (χ3n) is 13.5. The molecule has 4 heterocycles. The van der Waals surface area contributed by atoms with Crippen molar-refractivity contribution in [1.29, 1.82) is 0 Å². The van der Waals surface area contributed by atoms with Gasteiger partial charge in [-0.2, -0.15) is 0 Å². The zero-order chi connectivity index (χ0) is 45.4. The van der Waals surface area contributed by atoms with Crippen LogP contribution in [-0.2, 0) is 0 Å². The molecule has 0 aliphatic heterocycles. The molecule has 14 rings (SSSR count). The lowest BCUT2D eigenvalue weighted by molar-refractivity contribution is 0.665. The molecule has 0 amide bonds. The van der Waals surface area contributed by atoms with E-state index in [1.165, 1.54) is 21.9 Å². The topological polar surface area (TPSA) is 69.9 Å². The zero-order valence-corrected chi connectivity index (χ0v) is 37.0. The Bertz CT molecular complexity index is 4250. The Kier molecular flexibility index (Phi) is 8.79. The van der Waals surface area contributed by atoms with Crippen LogP contribution in [0.5, 0.6) is 0 Å². The maximum Gasteiger partial charge on any atom is 0.164 e. The Labute approximate surface area is 396 Å². The Hall–Kier alpha value is -9.39. The van der Waals surface area contributed by atoms with Crippen LogP contribution in [-0.4, -0.2) is 19.5 Å². The lowest BCUT2D eigenvalue weighted by Crippen LogP contribution is -2.00. The van der Waals surface area contributed by atoms with E-state index in [-0.39, 0.29) is 0 Å². The van der Waals surface area contributed by atoms with Crippen LogP contribution in [0, 0.1) is 0 Å². The number of fused-ring (bicyclic) bond motifs is 9. The first-order chi connectivity index (χ1) is 34.2. The number of aromatic nitrogens is 4. The van der Waals surface area contributed by atoms with Crippen molar-refractivity contribution >= 4 is 65.7 Å². The van der Waals surface area contributed by atoms with Gasteiger partial charge in [0.25, 0.3) is 0 Å². The molecule has 0 fully saturated rings. The fraction of sp³-hybridized carbons (Fsp3) is 0. The summed E-state index contributed by atoms with van der Waals surface area (Å²) >= 11 is 0. The second-order valence-electron chi connectivity index (χ2n) is 17.5. The highest BCUT2D eigenvalue weighted by molar-refractivity contribution is 6.19. The average Bonchev–Trinajstić information content (AvgIpc) is 4.11. The van der Waals surface area contributed by atoms with Gasteiger partial charge in [-0.25, -0.2) is 15.0 Å². The summed E-state index contributed by atoms with van der Waals surface area (Å²) in [5, 5.41) is 6.60. The van der Waals surface area contributed by atoms with E-state index >= 15 is 0 Å². The van der Waals surface area contributed by atoms with Gasteiger partial charge in [0, 0.05) is 71.9 Å². The standard InChI is InChI=1S/C63H38N4O2/c1-4-16-39(17-5-1)42-30-35-55-53(37-42)47-24-10-12-28-54(47)67(55)45-31-32-48-49-26-15-27-50(59(49)69-57(48)38-45)51-34-33-46(58-52-25-11-13-29-56(52)68-60(51)58)43-22-14-23-44(36-43)63-65-61(40-18-6-2-7-19-40)64-62(66-63)41-20-8-3-9-21-41/h1-38H. The van der Waals surface area contributed by atoms with Gasteiger partial charge in [-0.1, -0.05) is 176 Å². The molecule has 0 bridgehead atoms. The zero-order valence-electron chi connectivity index (χ0n) is 37.0. The second-order valence-corrected chi connectivity index (χ2v) is 17.5. The first-order valence-electron chi connectivity index (χ1n) is 23.2. The average molecular weight is 883 g/mol. The van der Waals surface area contributed by atoms with E-state index in [2.05, 4.69) is 162 Å². The van der Waals surface area contributed by atoms with Crippen LogP contribution in [0.3, 0.4) is 0 Å². The summed E-state index contributed by atoms with van der Waals surface area (Å²) in [4.78, 5) is 15.0. The molecule has 0 saturated heterocycles. The number of nitrogens with zero attached hydrogens (tertiary/aromatic N) is 4. The molecule has 6 heteroatoms. The predicted octanol–water partition coefficient (Wildman–Crippen LogP) is 16.8. The van der Waals surface area contributed by atoms with Crippen molar-refractivity contribution in [2.24, 2.45) is 0 Å². The van der Waals surface area contributed by atoms with Gasteiger partial charge < -0.3 is 13.4 Å². The van der Waals surface area contributed by atoms with Gasteiger partial charge in [0.1, 0.15) is 22.3 Å². The molecular formula is C63H38N4O2. The fourth-order valence-electron chi connectivity index (χ4n) is 10.2. The molecule has 6 nitrogen and oxygen atoms in total. The summed E-state index contributed by atoms with van der Waals surface area (Å²) in [7, 11) is 0. The summed E-state index contributed by atoms with van der Waals surface area (Å²) in [6.45, 7) is 0. The first kappa shape index (κ1) is 38.8. The van der Waals surface area contributed by atoms with Crippen LogP contribution >= 0.6 is 0 Å². The van der Waals surface area contributed by atoms with E-state index in [9.17, 15) is 0 Å². The highest BCUT2D eigenvalue weighted by Gasteiger charge is 2.22. The van der Waals surface area contributed by atoms with Crippen LogP contribution in [0.1, 0.15) is 0 Å². The van der Waals surface area contributed by atoms with Crippen molar-refractivity contribution in [3.05, 3.63) is 231 Å². The molecule has 0 N–H and O–H groups in total. The minimum absolute atomic E-state index is 0.601. The monoisotopic (exact) mass is 882 g/mol. The Balaban J connectivity index is 0.903. The third kappa shape index (κ3) is 6.38. The molecule has 0 atom stereocenters. The Morgan fingerprint density at radius 3 is 1.62 bits per heavy atom. The van der Waals surface area contributed by atoms with Crippen molar-refractivity contribution in [3.63, 3.8) is 0 Å². The maximum absolute atomic E-state index is 6.99. The summed E-state index contributed by atoms with van der Waals surface area (Å²) in [5.41, 5.74) is 15.7. The van der Waals surface area contributed by atoms with Gasteiger partial charge in [-0.05, 0) is 70.8 Å². The van der Waals surface area contributed by atoms with Crippen LogP contribution in [0.25, 0.3) is 139 Å². The van der Waals surface area contributed by atoms with E-state index < -0.39 is 0 Å². The number of hydrogen-bond donors (Lipinski definition) is 0. The van der Waals surface area contributed by atoms with Gasteiger partial charge in [-0.3, -0.25) is 0 Å². The molecule has 0 aliphatic carbocycles. The SMILES string of the molecule is c1ccc(-c2ccc3c(c2)c2ccccc2n3-c2ccc3c(c2)oc2c(-c4ccc(-c5cccc(-c6nc(-c7ccccc7)nc(-c7ccccc7)n6)c5)c5c4oc4ccccc45)cccc23)cc1. The van der Waals surface area contributed by atoms with Crippen LogP contribution < -0.4 is 0 Å². The van der Waals surface area contributed by atoms with Gasteiger partial charge >= 0.3 is 0 Å². The molecule has 0 aliphatic rings. The summed E-state index contributed by atoms with van der Waals surface area (Å²) in [6.07, 6.45) is 0. The summed E-state index contributed by atoms with van der Waals surface area (Å²) in [6, 6.07) is 80.3. The normalized spacial score (nSPS) is 11.8.